The predicted octanol–water partition coefficient (Wildman–Crippen LogP) is 3.34. The molecule has 0 saturated carbocycles. The standard InChI is InChI=1S/C19H25N3O/c1-3-18(23-19-7-5-4-6-13(19)2)17-12-16(21-22-17)14-8-10-15(20)11-9-14/h4-11,16-18,21-22H,3,12,20H2,1-2H3. The Kier molecular flexibility index (Phi) is 4.84. The van der Waals surface area contributed by atoms with Crippen molar-refractivity contribution in [2.45, 2.75) is 44.9 Å². The monoisotopic (exact) mass is 311 g/mol. The number of anilines is 1. The van der Waals surface area contributed by atoms with Crippen LogP contribution in [0.2, 0.25) is 0 Å². The molecule has 3 unspecified atom stereocenters. The molecule has 1 heterocycles. The third kappa shape index (κ3) is 3.66. The Morgan fingerprint density at radius 3 is 2.57 bits per heavy atom. The fourth-order valence-electron chi connectivity index (χ4n) is 3.07. The van der Waals surface area contributed by atoms with E-state index < -0.39 is 0 Å². The van der Waals surface area contributed by atoms with Gasteiger partial charge in [0.15, 0.2) is 0 Å². The van der Waals surface area contributed by atoms with Crippen molar-refractivity contribution in [1.29, 1.82) is 0 Å². The molecule has 0 radical (unpaired) electrons. The number of hydrazine groups is 1. The molecule has 4 heteroatoms. The molecule has 1 aliphatic rings. The van der Waals surface area contributed by atoms with Crippen molar-refractivity contribution in [3.8, 4) is 5.75 Å². The minimum atomic E-state index is 0.141. The molecule has 4 N–H and O–H groups in total. The number of aryl methyl sites for hydroxylation is 1. The van der Waals surface area contributed by atoms with Crippen LogP contribution in [0.25, 0.3) is 0 Å². The van der Waals surface area contributed by atoms with Crippen molar-refractivity contribution < 1.29 is 4.74 Å². The van der Waals surface area contributed by atoms with Crippen LogP contribution in [-0.2, 0) is 0 Å². The van der Waals surface area contributed by atoms with Gasteiger partial charge in [-0.3, -0.25) is 5.43 Å². The minimum absolute atomic E-state index is 0.141. The third-order valence-electron chi connectivity index (χ3n) is 4.49. The molecule has 3 rings (SSSR count). The van der Waals surface area contributed by atoms with Gasteiger partial charge in [-0.05, 0) is 49.1 Å². The molecule has 0 spiro atoms. The van der Waals surface area contributed by atoms with E-state index in [4.69, 9.17) is 10.5 Å². The van der Waals surface area contributed by atoms with E-state index in [-0.39, 0.29) is 18.2 Å². The fourth-order valence-corrected chi connectivity index (χ4v) is 3.07. The summed E-state index contributed by atoms with van der Waals surface area (Å²) in [7, 11) is 0. The zero-order chi connectivity index (χ0) is 16.2. The first kappa shape index (κ1) is 15.8. The lowest BCUT2D eigenvalue weighted by Gasteiger charge is -2.24. The molecule has 0 amide bonds. The Morgan fingerprint density at radius 1 is 1.13 bits per heavy atom. The molecular weight excluding hydrogens is 286 g/mol. The summed E-state index contributed by atoms with van der Waals surface area (Å²) in [4.78, 5) is 0. The topological polar surface area (TPSA) is 59.3 Å². The summed E-state index contributed by atoms with van der Waals surface area (Å²) in [5.41, 5.74) is 15.8. The van der Waals surface area contributed by atoms with E-state index in [1.54, 1.807) is 0 Å². The van der Waals surface area contributed by atoms with Gasteiger partial charge in [-0.1, -0.05) is 37.3 Å². The van der Waals surface area contributed by atoms with Crippen LogP contribution in [0.5, 0.6) is 5.75 Å². The minimum Gasteiger partial charge on any atom is -0.488 e. The lowest BCUT2D eigenvalue weighted by Crippen LogP contribution is -2.41. The number of ether oxygens (including phenoxy) is 1. The molecule has 0 aliphatic carbocycles. The van der Waals surface area contributed by atoms with E-state index in [2.05, 4.69) is 42.9 Å². The average molecular weight is 311 g/mol. The van der Waals surface area contributed by atoms with Gasteiger partial charge in [-0.25, -0.2) is 5.43 Å². The van der Waals surface area contributed by atoms with Crippen LogP contribution in [0.4, 0.5) is 5.69 Å². The summed E-state index contributed by atoms with van der Waals surface area (Å²) in [5.74, 6) is 0.970. The van der Waals surface area contributed by atoms with Crippen molar-refractivity contribution in [3.05, 3.63) is 59.7 Å². The van der Waals surface area contributed by atoms with Gasteiger partial charge in [0.1, 0.15) is 11.9 Å². The predicted molar refractivity (Wildman–Crippen MR) is 94.2 cm³/mol. The van der Waals surface area contributed by atoms with E-state index >= 15 is 0 Å². The summed E-state index contributed by atoms with van der Waals surface area (Å²) in [6.07, 6.45) is 2.10. The van der Waals surface area contributed by atoms with E-state index in [0.717, 1.165) is 24.3 Å². The SMILES string of the molecule is CCC(Oc1ccccc1C)C1CC(c2ccc(N)cc2)NN1. The van der Waals surface area contributed by atoms with E-state index in [1.807, 2.05) is 30.3 Å². The third-order valence-corrected chi connectivity index (χ3v) is 4.49. The summed E-state index contributed by atoms with van der Waals surface area (Å²) in [6, 6.07) is 16.8. The molecule has 3 atom stereocenters. The van der Waals surface area contributed by atoms with Gasteiger partial charge in [-0.15, -0.1) is 0 Å². The Balaban J connectivity index is 1.66. The molecule has 1 saturated heterocycles. The van der Waals surface area contributed by atoms with Crippen molar-refractivity contribution in [1.82, 2.24) is 10.9 Å². The second-order valence-corrected chi connectivity index (χ2v) is 6.18. The highest BCUT2D eigenvalue weighted by molar-refractivity contribution is 5.40. The maximum absolute atomic E-state index is 6.26. The van der Waals surface area contributed by atoms with Crippen molar-refractivity contribution in [3.63, 3.8) is 0 Å². The lowest BCUT2D eigenvalue weighted by molar-refractivity contribution is 0.153. The van der Waals surface area contributed by atoms with Gasteiger partial charge in [-0.2, -0.15) is 0 Å². The van der Waals surface area contributed by atoms with Crippen LogP contribution in [0.15, 0.2) is 48.5 Å². The summed E-state index contributed by atoms with van der Waals surface area (Å²) < 4.78 is 6.26. The number of rotatable bonds is 5. The van der Waals surface area contributed by atoms with Crippen molar-refractivity contribution in [2.75, 3.05) is 5.73 Å². The van der Waals surface area contributed by atoms with Gasteiger partial charge in [0.25, 0.3) is 0 Å². The van der Waals surface area contributed by atoms with Crippen LogP contribution in [0, 0.1) is 6.92 Å². The number of nitrogens with one attached hydrogen (secondary N) is 2. The van der Waals surface area contributed by atoms with Crippen LogP contribution in [0.1, 0.15) is 36.9 Å². The Bertz CT molecular complexity index is 641. The van der Waals surface area contributed by atoms with Crippen molar-refractivity contribution in [2.24, 2.45) is 0 Å². The zero-order valence-corrected chi connectivity index (χ0v) is 13.8. The van der Waals surface area contributed by atoms with Crippen molar-refractivity contribution >= 4 is 5.69 Å². The number of benzene rings is 2. The quantitative estimate of drug-likeness (QED) is 0.741. The number of nitrogens with two attached hydrogens (primary N) is 1. The van der Waals surface area contributed by atoms with Gasteiger partial charge in [0.2, 0.25) is 0 Å². The molecule has 122 valence electrons. The summed E-state index contributed by atoms with van der Waals surface area (Å²) in [5, 5.41) is 0. The second-order valence-electron chi connectivity index (χ2n) is 6.18. The molecule has 0 aromatic heterocycles. The molecular formula is C19H25N3O. The van der Waals surface area contributed by atoms with Crippen LogP contribution >= 0.6 is 0 Å². The highest BCUT2D eigenvalue weighted by Gasteiger charge is 2.31. The normalized spacial score (nSPS) is 22.0. The number of para-hydroxylation sites is 1. The maximum atomic E-state index is 6.26. The number of nitrogen functional groups attached to an aromatic ring is 1. The summed E-state index contributed by atoms with van der Waals surface area (Å²) in [6.45, 7) is 4.25. The molecule has 2 aromatic rings. The molecule has 1 fully saturated rings. The Labute approximate surface area is 138 Å². The first-order chi connectivity index (χ1) is 11.2. The van der Waals surface area contributed by atoms with Crippen LogP contribution in [-0.4, -0.2) is 12.1 Å². The smallest absolute Gasteiger partial charge is 0.122 e. The average Bonchev–Trinajstić information content (AvgIpc) is 3.04. The zero-order valence-electron chi connectivity index (χ0n) is 13.8. The molecule has 0 bridgehead atoms. The first-order valence-electron chi connectivity index (χ1n) is 8.26. The van der Waals surface area contributed by atoms with Gasteiger partial charge < -0.3 is 10.5 Å². The molecule has 2 aromatic carbocycles. The number of hydrogen-bond donors (Lipinski definition) is 3. The molecule has 1 aliphatic heterocycles. The number of hydrogen-bond acceptors (Lipinski definition) is 4. The Morgan fingerprint density at radius 2 is 1.87 bits per heavy atom. The van der Waals surface area contributed by atoms with Crippen LogP contribution in [0.3, 0.4) is 0 Å². The second kappa shape index (κ2) is 7.02. The molecule has 23 heavy (non-hydrogen) atoms. The van der Waals surface area contributed by atoms with E-state index in [0.29, 0.717) is 0 Å². The van der Waals surface area contributed by atoms with Crippen LogP contribution < -0.4 is 21.3 Å². The first-order valence-corrected chi connectivity index (χ1v) is 8.26. The van der Waals surface area contributed by atoms with Gasteiger partial charge >= 0.3 is 0 Å². The van der Waals surface area contributed by atoms with Gasteiger partial charge in [0, 0.05) is 11.7 Å². The molecule has 4 nitrogen and oxygen atoms in total. The maximum Gasteiger partial charge on any atom is 0.122 e. The highest BCUT2D eigenvalue weighted by Crippen LogP contribution is 2.27. The lowest BCUT2D eigenvalue weighted by atomic mass is 9.98. The van der Waals surface area contributed by atoms with E-state index in [1.165, 1.54) is 11.1 Å². The van der Waals surface area contributed by atoms with Gasteiger partial charge in [0.05, 0.1) is 6.04 Å². The largest absolute Gasteiger partial charge is 0.488 e. The Hall–Kier alpha value is -2.04. The summed E-state index contributed by atoms with van der Waals surface area (Å²) >= 11 is 0. The van der Waals surface area contributed by atoms with E-state index in [9.17, 15) is 0 Å². The fraction of sp³-hybridized carbons (Fsp3) is 0.368. The highest BCUT2D eigenvalue weighted by atomic mass is 16.5.